The highest BCUT2D eigenvalue weighted by atomic mass is 35.5. The fourth-order valence-electron chi connectivity index (χ4n) is 2.50. The summed E-state index contributed by atoms with van der Waals surface area (Å²) in [6.45, 7) is 6.49. The summed E-state index contributed by atoms with van der Waals surface area (Å²) >= 11 is 6.26. The van der Waals surface area contributed by atoms with E-state index in [4.69, 9.17) is 11.6 Å². The molecule has 1 fully saturated rings. The Balaban J connectivity index is 2.10. The molecule has 0 saturated carbocycles. The minimum Gasteiger partial charge on any atom is -0.366 e. The summed E-state index contributed by atoms with van der Waals surface area (Å²) in [7, 11) is 0. The van der Waals surface area contributed by atoms with E-state index in [1.165, 1.54) is 19.3 Å². The third kappa shape index (κ3) is 3.36. The van der Waals surface area contributed by atoms with Crippen LogP contribution in [0.1, 0.15) is 33.1 Å². The number of hydrogen-bond acceptors (Lipinski definition) is 3. The summed E-state index contributed by atoms with van der Waals surface area (Å²) < 4.78 is 0. The van der Waals surface area contributed by atoms with Crippen LogP contribution in [0, 0.1) is 0 Å². The Kier molecular flexibility index (Phi) is 4.84. The van der Waals surface area contributed by atoms with Gasteiger partial charge in [-0.25, -0.2) is 0 Å². The molecule has 2 heterocycles. The first-order chi connectivity index (χ1) is 8.68. The average molecular weight is 268 g/mol. The topological polar surface area (TPSA) is 28.2 Å². The molecule has 0 spiro atoms. The normalized spacial score (nSPS) is 20.4. The number of halogens is 1. The second-order valence-corrected chi connectivity index (χ2v) is 5.64. The van der Waals surface area contributed by atoms with Gasteiger partial charge >= 0.3 is 0 Å². The molecule has 0 radical (unpaired) electrons. The van der Waals surface area contributed by atoms with E-state index in [1.807, 2.05) is 12.3 Å². The Morgan fingerprint density at radius 1 is 1.50 bits per heavy atom. The maximum atomic E-state index is 6.26. The number of rotatable bonds is 4. The van der Waals surface area contributed by atoms with E-state index in [0.29, 0.717) is 12.1 Å². The molecule has 1 aliphatic rings. The van der Waals surface area contributed by atoms with Crippen LogP contribution in [0.25, 0.3) is 0 Å². The molecule has 1 aromatic heterocycles. The van der Waals surface area contributed by atoms with Crippen molar-refractivity contribution in [2.45, 2.75) is 45.2 Å². The zero-order chi connectivity index (χ0) is 13.0. The lowest BCUT2D eigenvalue weighted by Crippen LogP contribution is -2.47. The van der Waals surface area contributed by atoms with Crippen LogP contribution < -0.4 is 10.2 Å². The molecule has 2 rings (SSSR count). The quantitative estimate of drug-likeness (QED) is 0.909. The number of anilines is 1. The molecule has 1 N–H and O–H groups in total. The van der Waals surface area contributed by atoms with Crippen LogP contribution in [0.3, 0.4) is 0 Å². The maximum absolute atomic E-state index is 6.26. The van der Waals surface area contributed by atoms with Crippen LogP contribution in [0.4, 0.5) is 5.69 Å². The van der Waals surface area contributed by atoms with Gasteiger partial charge in [-0.1, -0.05) is 25.4 Å². The van der Waals surface area contributed by atoms with Crippen molar-refractivity contribution in [1.29, 1.82) is 0 Å². The van der Waals surface area contributed by atoms with Crippen molar-refractivity contribution in [3.8, 4) is 0 Å². The minimum atomic E-state index is 0.529. The average Bonchev–Trinajstić information content (AvgIpc) is 2.37. The van der Waals surface area contributed by atoms with Gasteiger partial charge in [0.2, 0.25) is 0 Å². The van der Waals surface area contributed by atoms with E-state index in [2.05, 4.69) is 29.0 Å². The van der Waals surface area contributed by atoms with E-state index in [-0.39, 0.29) is 0 Å². The van der Waals surface area contributed by atoms with Gasteiger partial charge in [0, 0.05) is 37.6 Å². The molecule has 4 heteroatoms. The molecule has 1 atom stereocenters. The van der Waals surface area contributed by atoms with Crippen molar-refractivity contribution in [2.24, 2.45) is 0 Å². The predicted octanol–water partition coefficient (Wildman–Crippen LogP) is 3.09. The summed E-state index contributed by atoms with van der Waals surface area (Å²) in [6.07, 6.45) is 7.35. The number of nitrogens with one attached hydrogen (secondary N) is 1. The Hall–Kier alpha value is -0.800. The zero-order valence-corrected chi connectivity index (χ0v) is 12.0. The molecule has 3 nitrogen and oxygen atoms in total. The maximum Gasteiger partial charge on any atom is 0.0822 e. The predicted molar refractivity (Wildman–Crippen MR) is 77.4 cm³/mol. The monoisotopic (exact) mass is 267 g/mol. The third-order valence-corrected chi connectivity index (χ3v) is 3.74. The van der Waals surface area contributed by atoms with Crippen molar-refractivity contribution in [3.05, 3.63) is 23.5 Å². The summed E-state index contributed by atoms with van der Waals surface area (Å²) in [5, 5.41) is 4.29. The Labute approximate surface area is 115 Å². The van der Waals surface area contributed by atoms with Crippen molar-refractivity contribution < 1.29 is 0 Å². The van der Waals surface area contributed by atoms with Gasteiger partial charge in [0.1, 0.15) is 0 Å². The van der Waals surface area contributed by atoms with Gasteiger partial charge < -0.3 is 10.2 Å². The van der Waals surface area contributed by atoms with E-state index in [1.54, 1.807) is 6.20 Å². The molecular weight excluding hydrogens is 246 g/mol. The first kappa shape index (κ1) is 13.6. The highest BCUT2D eigenvalue weighted by Gasteiger charge is 2.24. The molecular formula is C14H22ClN3. The van der Waals surface area contributed by atoms with Crippen molar-refractivity contribution in [2.75, 3.05) is 18.0 Å². The molecule has 1 aromatic rings. The lowest BCUT2D eigenvalue weighted by molar-refractivity contribution is 0.421. The van der Waals surface area contributed by atoms with Crippen molar-refractivity contribution in [1.82, 2.24) is 10.3 Å². The van der Waals surface area contributed by atoms with Gasteiger partial charge in [-0.2, -0.15) is 0 Å². The van der Waals surface area contributed by atoms with E-state index in [0.717, 1.165) is 23.8 Å². The van der Waals surface area contributed by atoms with Crippen LogP contribution in [0.5, 0.6) is 0 Å². The van der Waals surface area contributed by atoms with Gasteiger partial charge in [0.05, 0.1) is 10.7 Å². The highest BCUT2D eigenvalue weighted by Crippen LogP contribution is 2.30. The second kappa shape index (κ2) is 6.39. The summed E-state index contributed by atoms with van der Waals surface area (Å²) in [4.78, 5) is 6.50. The summed E-state index contributed by atoms with van der Waals surface area (Å²) in [5.41, 5.74) is 1.13. The van der Waals surface area contributed by atoms with Crippen LogP contribution in [-0.4, -0.2) is 30.2 Å². The number of aromatic nitrogens is 1. The molecule has 1 unspecified atom stereocenters. The lowest BCUT2D eigenvalue weighted by atomic mass is 10.0. The Morgan fingerprint density at radius 3 is 3.06 bits per heavy atom. The number of nitrogens with zero attached hydrogens (tertiary/aromatic N) is 2. The first-order valence-corrected chi connectivity index (χ1v) is 7.16. The summed E-state index contributed by atoms with van der Waals surface area (Å²) in [6, 6.07) is 3.10. The van der Waals surface area contributed by atoms with Gasteiger partial charge in [0.25, 0.3) is 0 Å². The Bertz CT molecular complexity index is 381. The fraction of sp³-hybridized carbons (Fsp3) is 0.643. The minimum absolute atomic E-state index is 0.529. The molecule has 1 saturated heterocycles. The van der Waals surface area contributed by atoms with Gasteiger partial charge in [-0.15, -0.1) is 0 Å². The van der Waals surface area contributed by atoms with E-state index in [9.17, 15) is 0 Å². The van der Waals surface area contributed by atoms with E-state index >= 15 is 0 Å². The van der Waals surface area contributed by atoms with Crippen molar-refractivity contribution >= 4 is 17.3 Å². The first-order valence-electron chi connectivity index (χ1n) is 6.78. The summed E-state index contributed by atoms with van der Waals surface area (Å²) in [5.74, 6) is 0. The molecule has 0 aromatic carbocycles. The number of piperidine rings is 1. The zero-order valence-electron chi connectivity index (χ0n) is 11.2. The largest absolute Gasteiger partial charge is 0.366 e. The molecule has 18 heavy (non-hydrogen) atoms. The standard InChI is InChI=1S/C14H22ClN3/c1-11(2)17-9-12-5-3-4-8-18(12)14-6-7-16-10-13(14)15/h6-7,10-12,17H,3-5,8-9H2,1-2H3. The number of pyridine rings is 1. The second-order valence-electron chi connectivity index (χ2n) is 5.23. The smallest absolute Gasteiger partial charge is 0.0822 e. The van der Waals surface area contributed by atoms with Crippen LogP contribution in [-0.2, 0) is 0 Å². The molecule has 0 amide bonds. The molecule has 0 bridgehead atoms. The number of hydrogen-bond donors (Lipinski definition) is 1. The Morgan fingerprint density at radius 2 is 2.33 bits per heavy atom. The van der Waals surface area contributed by atoms with E-state index < -0.39 is 0 Å². The molecule has 1 aliphatic heterocycles. The van der Waals surface area contributed by atoms with Gasteiger partial charge in [-0.05, 0) is 25.3 Å². The lowest BCUT2D eigenvalue weighted by Gasteiger charge is -2.38. The SMILES string of the molecule is CC(C)NCC1CCCCN1c1ccncc1Cl. The van der Waals surface area contributed by atoms with Crippen LogP contribution >= 0.6 is 11.6 Å². The van der Waals surface area contributed by atoms with Crippen LogP contribution in [0.15, 0.2) is 18.5 Å². The third-order valence-electron chi connectivity index (χ3n) is 3.45. The fourth-order valence-corrected chi connectivity index (χ4v) is 2.73. The molecule has 100 valence electrons. The van der Waals surface area contributed by atoms with Gasteiger partial charge in [-0.3, -0.25) is 4.98 Å². The highest BCUT2D eigenvalue weighted by molar-refractivity contribution is 6.33. The van der Waals surface area contributed by atoms with Crippen LogP contribution in [0.2, 0.25) is 5.02 Å². The molecule has 0 aliphatic carbocycles. The van der Waals surface area contributed by atoms with Gasteiger partial charge in [0.15, 0.2) is 0 Å². The van der Waals surface area contributed by atoms with Crippen molar-refractivity contribution in [3.63, 3.8) is 0 Å².